The Morgan fingerprint density at radius 1 is 1.21 bits per heavy atom. The molecule has 0 spiro atoms. The molecule has 2 aliphatic rings. The highest BCUT2D eigenvalue weighted by molar-refractivity contribution is 6.06. The van der Waals surface area contributed by atoms with E-state index in [0.717, 1.165) is 53.9 Å². The highest BCUT2D eigenvalue weighted by Gasteiger charge is 2.30. The summed E-state index contributed by atoms with van der Waals surface area (Å²) in [5.41, 5.74) is 3.62. The predicted octanol–water partition coefficient (Wildman–Crippen LogP) is 3.42. The highest BCUT2D eigenvalue weighted by Crippen LogP contribution is 2.40. The number of aryl methyl sites for hydroxylation is 2. The van der Waals surface area contributed by atoms with Gasteiger partial charge in [0.1, 0.15) is 0 Å². The lowest BCUT2D eigenvalue weighted by molar-refractivity contribution is 0.0762. The lowest BCUT2D eigenvalue weighted by atomic mass is 10.0. The molecule has 0 bridgehead atoms. The number of pyridine rings is 1. The molecule has 24 heavy (non-hydrogen) atoms. The van der Waals surface area contributed by atoms with Gasteiger partial charge in [-0.05, 0) is 51.0 Å². The number of aromatic nitrogens is 3. The quantitative estimate of drug-likeness (QED) is 0.850. The molecule has 2 aromatic heterocycles. The molecule has 0 aromatic carbocycles. The molecule has 1 aliphatic carbocycles. The Bertz CT molecular complexity index is 790. The van der Waals surface area contributed by atoms with Gasteiger partial charge in [-0.1, -0.05) is 6.92 Å². The first-order valence-electron chi connectivity index (χ1n) is 9.18. The van der Waals surface area contributed by atoms with Crippen LogP contribution in [0.5, 0.6) is 0 Å². The summed E-state index contributed by atoms with van der Waals surface area (Å²) in [6, 6.07) is 2.05. The smallest absolute Gasteiger partial charge is 0.254 e. The molecule has 4 rings (SSSR count). The van der Waals surface area contributed by atoms with Gasteiger partial charge in [0.15, 0.2) is 5.65 Å². The normalized spacial score (nSPS) is 22.0. The molecule has 1 amide bonds. The summed E-state index contributed by atoms with van der Waals surface area (Å²) >= 11 is 0. The second-order valence-corrected chi connectivity index (χ2v) is 7.60. The molecule has 1 aliphatic heterocycles. The average Bonchev–Trinajstić information content (AvgIpc) is 3.37. The number of likely N-dealkylation sites (tertiary alicyclic amines) is 1. The zero-order chi connectivity index (χ0) is 16.8. The number of rotatable bonds is 2. The zero-order valence-corrected chi connectivity index (χ0v) is 14.9. The van der Waals surface area contributed by atoms with Crippen molar-refractivity contribution in [2.24, 2.45) is 13.0 Å². The van der Waals surface area contributed by atoms with Crippen LogP contribution in [0, 0.1) is 12.8 Å². The topological polar surface area (TPSA) is 51.0 Å². The number of amides is 1. The Labute approximate surface area is 143 Å². The van der Waals surface area contributed by atoms with Crippen LogP contribution in [0.1, 0.15) is 66.7 Å². The first kappa shape index (κ1) is 15.6. The maximum Gasteiger partial charge on any atom is 0.254 e. The Morgan fingerprint density at radius 3 is 2.75 bits per heavy atom. The molecule has 2 aromatic rings. The summed E-state index contributed by atoms with van der Waals surface area (Å²) in [5, 5.41) is 5.45. The van der Waals surface area contributed by atoms with Crippen LogP contribution in [0.3, 0.4) is 0 Å². The van der Waals surface area contributed by atoms with Gasteiger partial charge in [-0.2, -0.15) is 5.10 Å². The molecule has 0 radical (unpaired) electrons. The van der Waals surface area contributed by atoms with Crippen molar-refractivity contribution in [1.29, 1.82) is 0 Å². The molecule has 3 heterocycles. The minimum absolute atomic E-state index is 0.162. The Morgan fingerprint density at radius 2 is 2.00 bits per heavy atom. The van der Waals surface area contributed by atoms with E-state index in [-0.39, 0.29) is 5.91 Å². The van der Waals surface area contributed by atoms with Gasteiger partial charge in [0.05, 0.1) is 16.6 Å². The van der Waals surface area contributed by atoms with E-state index in [9.17, 15) is 4.79 Å². The van der Waals surface area contributed by atoms with Crippen molar-refractivity contribution < 1.29 is 4.79 Å². The Hall–Kier alpha value is -1.91. The van der Waals surface area contributed by atoms with Gasteiger partial charge in [0.25, 0.3) is 5.91 Å². The standard InChI is InChI=1S/C19H26N4O/c1-12-5-4-9-23(10-8-12)19(24)15-11-16(14-6-7-14)20-18-17(15)13(2)21-22(18)3/h11-12,14H,4-10H2,1-3H3/t12-/m1/s1. The molecule has 5 nitrogen and oxygen atoms in total. The highest BCUT2D eigenvalue weighted by atomic mass is 16.2. The maximum atomic E-state index is 13.3. The van der Waals surface area contributed by atoms with E-state index in [0.29, 0.717) is 11.8 Å². The Kier molecular flexibility index (Phi) is 3.82. The van der Waals surface area contributed by atoms with Crippen LogP contribution < -0.4 is 0 Å². The summed E-state index contributed by atoms with van der Waals surface area (Å²) in [7, 11) is 1.92. The Balaban J connectivity index is 1.78. The van der Waals surface area contributed by atoms with Crippen molar-refractivity contribution in [1.82, 2.24) is 19.7 Å². The van der Waals surface area contributed by atoms with E-state index in [1.165, 1.54) is 19.3 Å². The maximum absolute atomic E-state index is 13.3. The minimum Gasteiger partial charge on any atom is -0.339 e. The van der Waals surface area contributed by atoms with E-state index >= 15 is 0 Å². The number of hydrogen-bond acceptors (Lipinski definition) is 3. The van der Waals surface area contributed by atoms with Crippen LogP contribution in [-0.2, 0) is 7.05 Å². The van der Waals surface area contributed by atoms with E-state index in [2.05, 4.69) is 12.0 Å². The monoisotopic (exact) mass is 326 g/mol. The van der Waals surface area contributed by atoms with Crippen LogP contribution >= 0.6 is 0 Å². The van der Waals surface area contributed by atoms with Crippen LogP contribution in [-0.4, -0.2) is 38.7 Å². The molecule has 1 saturated carbocycles. The van der Waals surface area contributed by atoms with Crippen LogP contribution in [0.15, 0.2) is 6.07 Å². The third-order valence-electron chi connectivity index (χ3n) is 5.52. The minimum atomic E-state index is 0.162. The third-order valence-corrected chi connectivity index (χ3v) is 5.52. The summed E-state index contributed by atoms with van der Waals surface area (Å²) < 4.78 is 1.82. The van der Waals surface area contributed by atoms with Crippen molar-refractivity contribution in [2.75, 3.05) is 13.1 Å². The van der Waals surface area contributed by atoms with Crippen molar-refractivity contribution >= 4 is 16.9 Å². The fraction of sp³-hybridized carbons (Fsp3) is 0.632. The molecule has 1 atom stereocenters. The zero-order valence-electron chi connectivity index (χ0n) is 14.9. The molecule has 2 fully saturated rings. The van der Waals surface area contributed by atoms with E-state index < -0.39 is 0 Å². The molecule has 1 saturated heterocycles. The molecule has 128 valence electrons. The van der Waals surface area contributed by atoms with Gasteiger partial charge < -0.3 is 4.90 Å². The van der Waals surface area contributed by atoms with Crippen molar-refractivity contribution in [2.45, 2.75) is 51.9 Å². The van der Waals surface area contributed by atoms with Crippen LogP contribution in [0.4, 0.5) is 0 Å². The van der Waals surface area contributed by atoms with E-state index in [4.69, 9.17) is 4.98 Å². The second-order valence-electron chi connectivity index (χ2n) is 7.60. The predicted molar refractivity (Wildman–Crippen MR) is 94.1 cm³/mol. The van der Waals surface area contributed by atoms with Gasteiger partial charge in [-0.25, -0.2) is 4.98 Å². The molecule has 0 unspecified atom stereocenters. The first-order chi connectivity index (χ1) is 11.5. The third kappa shape index (κ3) is 2.70. The fourth-order valence-corrected chi connectivity index (χ4v) is 3.86. The molecular weight excluding hydrogens is 300 g/mol. The van der Waals surface area contributed by atoms with Crippen molar-refractivity contribution in [3.63, 3.8) is 0 Å². The number of hydrogen-bond donors (Lipinski definition) is 0. The van der Waals surface area contributed by atoms with Crippen molar-refractivity contribution in [3.8, 4) is 0 Å². The summed E-state index contributed by atoms with van der Waals surface area (Å²) in [6.45, 7) is 5.99. The average molecular weight is 326 g/mol. The first-order valence-corrected chi connectivity index (χ1v) is 9.18. The summed E-state index contributed by atoms with van der Waals surface area (Å²) in [4.78, 5) is 20.1. The van der Waals surface area contributed by atoms with Crippen LogP contribution in [0.2, 0.25) is 0 Å². The van der Waals surface area contributed by atoms with Crippen LogP contribution in [0.25, 0.3) is 11.0 Å². The molecule has 5 heteroatoms. The SMILES string of the molecule is Cc1nn(C)c2nc(C3CC3)cc(C(=O)N3CCC[C@@H](C)CC3)c12. The molecule has 0 N–H and O–H groups in total. The lowest BCUT2D eigenvalue weighted by Crippen LogP contribution is -2.32. The second kappa shape index (κ2) is 5.87. The van der Waals surface area contributed by atoms with Gasteiger partial charge in [-0.3, -0.25) is 9.48 Å². The number of carbonyl (C=O) groups excluding carboxylic acids is 1. The number of nitrogens with zero attached hydrogens (tertiary/aromatic N) is 4. The van der Waals surface area contributed by atoms with Gasteiger partial charge in [0.2, 0.25) is 0 Å². The summed E-state index contributed by atoms with van der Waals surface area (Å²) in [6.07, 6.45) is 5.79. The van der Waals surface area contributed by atoms with Gasteiger partial charge in [0, 0.05) is 31.7 Å². The number of carbonyl (C=O) groups is 1. The van der Waals surface area contributed by atoms with E-state index in [1.807, 2.05) is 29.6 Å². The fourth-order valence-electron chi connectivity index (χ4n) is 3.86. The largest absolute Gasteiger partial charge is 0.339 e. The molecular formula is C19H26N4O. The number of fused-ring (bicyclic) bond motifs is 1. The lowest BCUT2D eigenvalue weighted by Gasteiger charge is -2.21. The van der Waals surface area contributed by atoms with Crippen molar-refractivity contribution in [3.05, 3.63) is 23.0 Å². The van der Waals surface area contributed by atoms with E-state index in [1.54, 1.807) is 0 Å². The van der Waals surface area contributed by atoms with Gasteiger partial charge >= 0.3 is 0 Å². The summed E-state index contributed by atoms with van der Waals surface area (Å²) in [5.74, 6) is 1.40. The van der Waals surface area contributed by atoms with Gasteiger partial charge in [-0.15, -0.1) is 0 Å².